The van der Waals surface area contributed by atoms with E-state index in [1.807, 2.05) is 30.3 Å². The number of thiazole rings is 1. The van der Waals surface area contributed by atoms with Crippen LogP contribution in [0.25, 0.3) is 0 Å². The van der Waals surface area contributed by atoms with Gasteiger partial charge in [-0.15, -0.1) is 11.3 Å². The Bertz CT molecular complexity index is 1710. The van der Waals surface area contributed by atoms with Gasteiger partial charge in [0.2, 0.25) is 5.60 Å². The number of unbranched alkanes of at least 4 members (excludes halogenated alkanes) is 1. The minimum absolute atomic E-state index is 0.0105. The zero-order valence-corrected chi connectivity index (χ0v) is 30.6. The second kappa shape index (κ2) is 17.5. The van der Waals surface area contributed by atoms with E-state index in [1.54, 1.807) is 13.8 Å². The van der Waals surface area contributed by atoms with Gasteiger partial charge in [0.1, 0.15) is 18.3 Å². The predicted octanol–water partition coefficient (Wildman–Crippen LogP) is 2.55. The molecule has 0 radical (unpaired) electrons. The molecule has 3 rings (SSSR count). The van der Waals surface area contributed by atoms with Crippen molar-refractivity contribution in [3.05, 3.63) is 47.0 Å². The molecular weight excluding hydrogens is 711 g/mol. The van der Waals surface area contributed by atoms with Crippen molar-refractivity contribution >= 4 is 62.2 Å². The lowest BCUT2D eigenvalue weighted by molar-refractivity contribution is -0.161. The highest BCUT2D eigenvalue weighted by molar-refractivity contribution is 7.85. The Morgan fingerprint density at radius 3 is 2.25 bits per heavy atom. The summed E-state index contributed by atoms with van der Waals surface area (Å²) < 4.78 is 42.1. The van der Waals surface area contributed by atoms with Crippen molar-refractivity contribution < 1.29 is 56.0 Å². The molecule has 0 aliphatic carbocycles. The van der Waals surface area contributed by atoms with Crippen LogP contribution in [0.3, 0.4) is 0 Å². The predicted molar refractivity (Wildman–Crippen MR) is 183 cm³/mol. The molecule has 2 amide bonds. The third kappa shape index (κ3) is 12.0. The van der Waals surface area contributed by atoms with Crippen molar-refractivity contribution in [1.82, 2.24) is 14.6 Å². The van der Waals surface area contributed by atoms with Crippen molar-refractivity contribution in [2.75, 3.05) is 18.9 Å². The van der Waals surface area contributed by atoms with E-state index in [1.165, 1.54) is 26.2 Å². The standard InChI is InChI=1S/C32H43N5O12S2/c1-20-25(35-27(40)26(22-18-50-30(33)34-22)36-49-32(4,5)29(42)43)28(41)37(20)51(44,45)48-19-31(2,3)15-16-46-23(38)13-9-10-14-24(39)47-17-21-11-7-6-8-12-21/h6-8,11-12,18,20,25H,9-10,13-17,19H2,1-5H3,(H2,33,34)(H,35,40)(H,42,43)/b36-26+/t20-,25-/m0/s1. The topological polar surface area (TPSA) is 243 Å². The molecule has 19 heteroatoms. The van der Waals surface area contributed by atoms with Gasteiger partial charge in [-0.2, -0.15) is 8.42 Å². The molecule has 2 aromatic rings. The lowest BCUT2D eigenvalue weighted by atomic mass is 9.91. The van der Waals surface area contributed by atoms with Crippen LogP contribution in [-0.2, 0) is 59.4 Å². The van der Waals surface area contributed by atoms with Crippen LogP contribution in [0.2, 0.25) is 0 Å². The molecule has 1 aromatic carbocycles. The van der Waals surface area contributed by atoms with Crippen molar-refractivity contribution in [3.63, 3.8) is 0 Å². The van der Waals surface area contributed by atoms with E-state index in [0.29, 0.717) is 17.1 Å². The number of carboxylic acids is 1. The van der Waals surface area contributed by atoms with Crippen molar-refractivity contribution in [2.24, 2.45) is 10.6 Å². The molecule has 2 atom stereocenters. The summed E-state index contributed by atoms with van der Waals surface area (Å²) in [5.74, 6) is -4.14. The number of nitrogens with zero attached hydrogens (tertiary/aromatic N) is 3. The first kappa shape index (κ1) is 40.8. The Hall–Kier alpha value is -4.62. The van der Waals surface area contributed by atoms with Crippen LogP contribution < -0.4 is 11.1 Å². The summed E-state index contributed by atoms with van der Waals surface area (Å²) in [6.45, 7) is 7.02. The quantitative estimate of drug-likeness (QED) is 0.0579. The molecule has 0 spiro atoms. The van der Waals surface area contributed by atoms with Crippen LogP contribution in [0, 0.1) is 5.41 Å². The van der Waals surface area contributed by atoms with E-state index in [2.05, 4.69) is 15.5 Å². The lowest BCUT2D eigenvalue weighted by Crippen LogP contribution is -2.71. The highest BCUT2D eigenvalue weighted by atomic mass is 32.2. The average Bonchev–Trinajstić information content (AvgIpc) is 3.49. The Labute approximate surface area is 299 Å². The summed E-state index contributed by atoms with van der Waals surface area (Å²) in [6.07, 6.45) is 1.39. The van der Waals surface area contributed by atoms with Crippen LogP contribution in [0.1, 0.15) is 78.0 Å². The summed E-state index contributed by atoms with van der Waals surface area (Å²) in [5.41, 5.74) is 3.41. The van der Waals surface area contributed by atoms with Gasteiger partial charge in [0.05, 0.1) is 19.3 Å². The zero-order chi connectivity index (χ0) is 38.0. The summed E-state index contributed by atoms with van der Waals surface area (Å²) in [6, 6.07) is 6.93. The van der Waals surface area contributed by atoms with Crippen LogP contribution in [0.5, 0.6) is 0 Å². The number of carboxylic acid groups (broad SMARTS) is 1. The number of carbonyl (C=O) groups excluding carboxylic acids is 4. The zero-order valence-electron chi connectivity index (χ0n) is 28.9. The van der Waals surface area contributed by atoms with Crippen LogP contribution in [0.4, 0.5) is 5.13 Å². The molecule has 0 bridgehead atoms. The van der Waals surface area contributed by atoms with E-state index < -0.39 is 62.9 Å². The maximum Gasteiger partial charge on any atom is 0.365 e. The summed E-state index contributed by atoms with van der Waals surface area (Å²) in [5, 5.41) is 16.8. The Balaban J connectivity index is 1.42. The number of nitrogens with two attached hydrogens (primary N) is 1. The second-order valence-corrected chi connectivity index (χ2v) is 15.3. The molecule has 0 saturated carbocycles. The molecule has 4 N–H and O–H groups in total. The first-order valence-corrected chi connectivity index (χ1v) is 18.2. The van der Waals surface area contributed by atoms with Gasteiger partial charge in [-0.05, 0) is 51.0 Å². The smallest absolute Gasteiger partial charge is 0.365 e. The average molecular weight is 754 g/mol. The van der Waals surface area contributed by atoms with E-state index in [-0.39, 0.29) is 55.9 Å². The lowest BCUT2D eigenvalue weighted by Gasteiger charge is -2.43. The fraction of sp³-hybridized carbons (Fsp3) is 0.531. The molecule has 1 aliphatic heterocycles. The molecule has 17 nitrogen and oxygen atoms in total. The molecule has 1 aromatic heterocycles. The first-order chi connectivity index (χ1) is 23.8. The van der Waals surface area contributed by atoms with Gasteiger partial charge < -0.3 is 30.5 Å². The minimum Gasteiger partial charge on any atom is -0.478 e. The first-order valence-electron chi connectivity index (χ1n) is 15.9. The molecule has 1 saturated heterocycles. The number of hydrogen-bond donors (Lipinski definition) is 3. The van der Waals surface area contributed by atoms with Gasteiger partial charge >= 0.3 is 28.2 Å². The second-order valence-electron chi connectivity index (χ2n) is 13.0. The van der Waals surface area contributed by atoms with E-state index in [4.69, 9.17) is 24.2 Å². The molecule has 2 heterocycles. The van der Waals surface area contributed by atoms with E-state index >= 15 is 0 Å². The number of nitrogen functional groups attached to an aromatic ring is 1. The molecule has 280 valence electrons. The van der Waals surface area contributed by atoms with Gasteiger partial charge in [-0.3, -0.25) is 23.4 Å². The Morgan fingerprint density at radius 1 is 1.06 bits per heavy atom. The number of amides is 2. The minimum atomic E-state index is -4.58. The van der Waals surface area contributed by atoms with Crippen LogP contribution in [-0.4, -0.2) is 89.1 Å². The summed E-state index contributed by atoms with van der Waals surface area (Å²) in [7, 11) is -4.58. The number of nitrogens with one attached hydrogen (secondary N) is 1. The number of carbonyl (C=O) groups is 5. The number of aromatic nitrogens is 1. The summed E-state index contributed by atoms with van der Waals surface area (Å²) in [4.78, 5) is 70.5. The van der Waals surface area contributed by atoms with E-state index in [9.17, 15) is 37.5 Å². The number of oxime groups is 1. The van der Waals surface area contributed by atoms with Crippen LogP contribution in [0.15, 0.2) is 40.9 Å². The van der Waals surface area contributed by atoms with Gasteiger partial charge in [0.25, 0.3) is 11.8 Å². The molecule has 51 heavy (non-hydrogen) atoms. The maximum absolute atomic E-state index is 13.1. The highest BCUT2D eigenvalue weighted by Gasteiger charge is 2.53. The highest BCUT2D eigenvalue weighted by Crippen LogP contribution is 2.28. The SMILES string of the molecule is C[C@H]1[C@H](NC(=O)/C(=N/OC(C)(C)C(=O)O)c2csc(N)n2)C(=O)N1S(=O)(=O)OCC(C)(C)CCOC(=O)CCCCC(=O)OCc1ccccc1. The molecule has 1 aliphatic rings. The van der Waals surface area contributed by atoms with Gasteiger partial charge in [-0.1, -0.05) is 49.3 Å². The van der Waals surface area contributed by atoms with Crippen molar-refractivity contribution in [1.29, 1.82) is 0 Å². The maximum atomic E-state index is 13.1. The third-order valence-corrected chi connectivity index (χ3v) is 9.70. The number of anilines is 1. The molecule has 1 fully saturated rings. The Kier molecular flexibility index (Phi) is 14.0. The largest absolute Gasteiger partial charge is 0.478 e. The number of rotatable bonds is 20. The number of β-lactam (4-membered cyclic amide) rings is 1. The third-order valence-electron chi connectivity index (χ3n) is 7.62. The number of esters is 2. The summed E-state index contributed by atoms with van der Waals surface area (Å²) >= 11 is 0.976. The van der Waals surface area contributed by atoms with Gasteiger partial charge in [0, 0.05) is 18.2 Å². The van der Waals surface area contributed by atoms with Crippen LogP contribution >= 0.6 is 11.3 Å². The molecule has 0 unspecified atom stereocenters. The van der Waals surface area contributed by atoms with Crippen molar-refractivity contribution in [3.8, 4) is 0 Å². The van der Waals surface area contributed by atoms with E-state index in [0.717, 1.165) is 16.9 Å². The Morgan fingerprint density at radius 2 is 1.69 bits per heavy atom. The normalized spacial score (nSPS) is 16.6. The number of aliphatic carboxylic acids is 1. The fourth-order valence-corrected chi connectivity index (χ4v) is 6.32. The number of benzene rings is 1. The molecular formula is C32H43N5O12S2. The van der Waals surface area contributed by atoms with Crippen molar-refractivity contribution in [2.45, 2.75) is 91.0 Å². The fourth-order valence-electron chi connectivity index (χ4n) is 4.33. The number of hydrogen-bond acceptors (Lipinski definition) is 15. The monoisotopic (exact) mass is 753 g/mol. The van der Waals surface area contributed by atoms with Gasteiger partial charge in [0.15, 0.2) is 10.8 Å². The number of ether oxygens (including phenoxy) is 2. The van der Waals surface area contributed by atoms with Gasteiger partial charge in [-0.25, -0.2) is 14.1 Å².